The van der Waals surface area contributed by atoms with E-state index in [1.807, 2.05) is 0 Å². The Morgan fingerprint density at radius 2 is 2.09 bits per heavy atom. The lowest BCUT2D eigenvalue weighted by Crippen LogP contribution is -2.46. The molecule has 3 heteroatoms. The number of hydrogen-bond donors (Lipinski definition) is 1. The molecule has 1 saturated carbocycles. The normalized spacial score (nSPS) is 21.6. The van der Waals surface area contributed by atoms with Gasteiger partial charge in [-0.05, 0) is 12.8 Å². The van der Waals surface area contributed by atoms with E-state index in [0.717, 1.165) is 12.8 Å². The Kier molecular flexibility index (Phi) is 2.77. The molecule has 1 amide bonds. The molecule has 11 heavy (non-hydrogen) atoms. The van der Waals surface area contributed by atoms with Crippen molar-refractivity contribution in [2.24, 2.45) is 0 Å². The van der Waals surface area contributed by atoms with E-state index in [9.17, 15) is 4.79 Å². The number of amides is 1. The van der Waals surface area contributed by atoms with Crippen LogP contribution in [0.4, 0.5) is 0 Å². The average molecular weight is 176 g/mol. The summed E-state index contributed by atoms with van der Waals surface area (Å²) in [7, 11) is 0. The van der Waals surface area contributed by atoms with Gasteiger partial charge in [0.25, 0.3) is 0 Å². The van der Waals surface area contributed by atoms with Crippen molar-refractivity contribution in [3.8, 4) is 0 Å². The third-order valence-electron chi connectivity index (χ3n) is 2.26. The molecule has 0 radical (unpaired) electrons. The molecule has 1 N–H and O–H groups in total. The fourth-order valence-electron chi connectivity index (χ4n) is 1.72. The molecule has 1 rings (SSSR count). The minimum atomic E-state index is -0.0760. The Morgan fingerprint density at radius 1 is 1.55 bits per heavy atom. The van der Waals surface area contributed by atoms with Crippen LogP contribution in [0, 0.1) is 0 Å². The number of nitrogens with one attached hydrogen (secondary N) is 1. The van der Waals surface area contributed by atoms with Gasteiger partial charge >= 0.3 is 0 Å². The predicted octanol–water partition coefficient (Wildman–Crippen LogP) is 1.67. The van der Waals surface area contributed by atoms with Crippen LogP contribution in [0.2, 0.25) is 0 Å². The molecule has 0 bridgehead atoms. The first-order valence-corrected chi connectivity index (χ1v) is 4.57. The fraction of sp³-hybridized carbons (Fsp3) is 0.875. The Bertz CT molecular complexity index is 152. The maximum absolute atomic E-state index is 10.8. The number of hydrogen-bond acceptors (Lipinski definition) is 1. The van der Waals surface area contributed by atoms with E-state index in [4.69, 9.17) is 11.6 Å². The second kappa shape index (κ2) is 3.44. The van der Waals surface area contributed by atoms with Crippen LogP contribution >= 0.6 is 11.6 Å². The highest BCUT2D eigenvalue weighted by molar-refractivity contribution is 6.18. The second-order valence-electron chi connectivity index (χ2n) is 3.30. The van der Waals surface area contributed by atoms with Gasteiger partial charge in [0.1, 0.15) is 0 Å². The molecule has 2 nitrogen and oxygen atoms in total. The minimum absolute atomic E-state index is 0.0348. The summed E-state index contributed by atoms with van der Waals surface area (Å²) in [4.78, 5) is 10.8. The van der Waals surface area contributed by atoms with Gasteiger partial charge < -0.3 is 5.32 Å². The van der Waals surface area contributed by atoms with Crippen molar-refractivity contribution in [3.05, 3.63) is 0 Å². The monoisotopic (exact) mass is 175 g/mol. The Hall–Kier alpha value is -0.240. The summed E-state index contributed by atoms with van der Waals surface area (Å²) >= 11 is 5.79. The first-order chi connectivity index (χ1) is 5.18. The van der Waals surface area contributed by atoms with Crippen LogP contribution in [0.5, 0.6) is 0 Å². The van der Waals surface area contributed by atoms with E-state index in [1.165, 1.54) is 12.8 Å². The second-order valence-corrected chi connectivity index (χ2v) is 3.57. The first-order valence-electron chi connectivity index (χ1n) is 4.03. The van der Waals surface area contributed by atoms with Gasteiger partial charge in [0.05, 0.1) is 5.54 Å². The van der Waals surface area contributed by atoms with Crippen LogP contribution in [0.15, 0.2) is 0 Å². The summed E-state index contributed by atoms with van der Waals surface area (Å²) in [5.74, 6) is 0.583. The zero-order chi connectivity index (χ0) is 8.32. The first kappa shape index (κ1) is 8.85. The maximum atomic E-state index is 10.8. The summed E-state index contributed by atoms with van der Waals surface area (Å²) in [6.07, 6.45) is 4.45. The van der Waals surface area contributed by atoms with Crippen molar-refractivity contribution in [1.29, 1.82) is 0 Å². The van der Waals surface area contributed by atoms with Crippen molar-refractivity contribution in [1.82, 2.24) is 5.32 Å². The molecule has 0 heterocycles. The molecule has 0 atom stereocenters. The highest BCUT2D eigenvalue weighted by Crippen LogP contribution is 2.30. The van der Waals surface area contributed by atoms with Crippen LogP contribution in [0.3, 0.4) is 0 Å². The van der Waals surface area contributed by atoms with E-state index in [0.29, 0.717) is 5.88 Å². The molecule has 0 unspecified atom stereocenters. The van der Waals surface area contributed by atoms with E-state index in [1.54, 1.807) is 6.92 Å². The van der Waals surface area contributed by atoms with Crippen LogP contribution in [-0.2, 0) is 4.79 Å². The summed E-state index contributed by atoms with van der Waals surface area (Å²) in [6.45, 7) is 1.55. The third kappa shape index (κ3) is 2.09. The smallest absolute Gasteiger partial charge is 0.217 e. The Balaban J connectivity index is 2.52. The maximum Gasteiger partial charge on any atom is 0.217 e. The number of rotatable bonds is 2. The van der Waals surface area contributed by atoms with E-state index in [2.05, 4.69) is 5.32 Å². The van der Waals surface area contributed by atoms with Crippen molar-refractivity contribution >= 4 is 17.5 Å². The summed E-state index contributed by atoms with van der Waals surface area (Å²) < 4.78 is 0. The number of carbonyl (C=O) groups excluding carboxylic acids is 1. The van der Waals surface area contributed by atoms with Crippen LogP contribution in [0.25, 0.3) is 0 Å². The standard InChI is InChI=1S/C8H14ClNO/c1-7(11)10-8(6-9)4-2-3-5-8/h2-6H2,1H3,(H,10,11). The predicted molar refractivity (Wildman–Crippen MR) is 45.7 cm³/mol. The minimum Gasteiger partial charge on any atom is -0.350 e. The molecule has 0 spiro atoms. The number of alkyl halides is 1. The summed E-state index contributed by atoms with van der Waals surface area (Å²) in [6, 6.07) is 0. The highest BCUT2D eigenvalue weighted by atomic mass is 35.5. The summed E-state index contributed by atoms with van der Waals surface area (Å²) in [5, 5.41) is 2.93. The van der Waals surface area contributed by atoms with Crippen molar-refractivity contribution < 1.29 is 4.79 Å². The van der Waals surface area contributed by atoms with Crippen molar-refractivity contribution in [3.63, 3.8) is 0 Å². The van der Waals surface area contributed by atoms with E-state index < -0.39 is 0 Å². The molecule has 1 aliphatic rings. The lowest BCUT2D eigenvalue weighted by molar-refractivity contribution is -0.120. The van der Waals surface area contributed by atoms with Gasteiger partial charge in [0.2, 0.25) is 5.91 Å². The Labute approximate surface area is 72.3 Å². The van der Waals surface area contributed by atoms with Gasteiger partial charge in [0.15, 0.2) is 0 Å². The molecule has 1 aliphatic carbocycles. The average Bonchev–Trinajstić information content (AvgIpc) is 2.36. The molecule has 0 saturated heterocycles. The molecule has 0 aromatic heterocycles. The Morgan fingerprint density at radius 3 is 2.45 bits per heavy atom. The zero-order valence-electron chi connectivity index (χ0n) is 6.82. The van der Waals surface area contributed by atoms with Crippen LogP contribution < -0.4 is 5.32 Å². The van der Waals surface area contributed by atoms with Gasteiger partial charge in [-0.25, -0.2) is 0 Å². The van der Waals surface area contributed by atoms with Gasteiger partial charge in [-0.1, -0.05) is 12.8 Å². The van der Waals surface area contributed by atoms with E-state index in [-0.39, 0.29) is 11.4 Å². The van der Waals surface area contributed by atoms with Crippen LogP contribution in [0.1, 0.15) is 32.6 Å². The number of carbonyl (C=O) groups is 1. The van der Waals surface area contributed by atoms with Crippen LogP contribution in [-0.4, -0.2) is 17.3 Å². The molecule has 0 aromatic rings. The molecule has 0 aliphatic heterocycles. The van der Waals surface area contributed by atoms with Gasteiger partial charge in [-0.15, -0.1) is 11.6 Å². The third-order valence-corrected chi connectivity index (χ3v) is 2.77. The topological polar surface area (TPSA) is 29.1 Å². The van der Waals surface area contributed by atoms with Crippen molar-refractivity contribution in [2.75, 3.05) is 5.88 Å². The van der Waals surface area contributed by atoms with E-state index >= 15 is 0 Å². The zero-order valence-corrected chi connectivity index (χ0v) is 7.58. The SMILES string of the molecule is CC(=O)NC1(CCl)CCCC1. The van der Waals surface area contributed by atoms with Gasteiger partial charge in [-0.2, -0.15) is 0 Å². The van der Waals surface area contributed by atoms with Gasteiger partial charge in [-0.3, -0.25) is 4.79 Å². The fourth-order valence-corrected chi connectivity index (χ4v) is 2.05. The molecule has 64 valence electrons. The summed E-state index contributed by atoms with van der Waals surface area (Å²) in [5.41, 5.74) is -0.0760. The lowest BCUT2D eigenvalue weighted by atomic mass is 10.0. The molecule has 0 aromatic carbocycles. The highest BCUT2D eigenvalue weighted by Gasteiger charge is 2.33. The molecule has 1 fully saturated rings. The molecular formula is C8H14ClNO. The van der Waals surface area contributed by atoms with Gasteiger partial charge in [0, 0.05) is 12.8 Å². The largest absolute Gasteiger partial charge is 0.350 e. The van der Waals surface area contributed by atoms with Crippen molar-refractivity contribution in [2.45, 2.75) is 38.1 Å². The quantitative estimate of drug-likeness (QED) is 0.636. The lowest BCUT2D eigenvalue weighted by Gasteiger charge is -2.26. The molecular weight excluding hydrogens is 162 g/mol. The number of halogens is 1.